The lowest BCUT2D eigenvalue weighted by Crippen LogP contribution is -2.37. The molecule has 0 fully saturated rings. The molecule has 0 spiro atoms. The lowest BCUT2D eigenvalue weighted by molar-refractivity contribution is 0.504. The molecule has 0 amide bonds. The Kier molecular flexibility index (Phi) is 6.31. The SMILES string of the molecule is CCN(CCC(C#N)NC(C)C)c1ccc(F)cc1. The van der Waals surface area contributed by atoms with Crippen molar-refractivity contribution in [1.82, 2.24) is 5.32 Å². The van der Waals surface area contributed by atoms with Crippen molar-refractivity contribution in [1.29, 1.82) is 5.26 Å². The van der Waals surface area contributed by atoms with Crippen LogP contribution in [0.25, 0.3) is 0 Å². The molecule has 104 valence electrons. The van der Waals surface area contributed by atoms with E-state index >= 15 is 0 Å². The lowest BCUT2D eigenvalue weighted by atomic mass is 10.2. The molecule has 0 aliphatic rings. The summed E-state index contributed by atoms with van der Waals surface area (Å²) in [4.78, 5) is 2.14. The largest absolute Gasteiger partial charge is 0.372 e. The molecule has 0 heterocycles. The number of halogens is 1. The summed E-state index contributed by atoms with van der Waals surface area (Å²) in [5.74, 6) is -0.226. The van der Waals surface area contributed by atoms with Gasteiger partial charge in [0.2, 0.25) is 0 Å². The van der Waals surface area contributed by atoms with Crippen LogP contribution in [0.5, 0.6) is 0 Å². The van der Waals surface area contributed by atoms with Crippen molar-refractivity contribution in [3.8, 4) is 6.07 Å². The molecule has 19 heavy (non-hydrogen) atoms. The molecule has 3 nitrogen and oxygen atoms in total. The summed E-state index contributed by atoms with van der Waals surface area (Å²) in [5.41, 5.74) is 0.991. The minimum absolute atomic E-state index is 0.144. The van der Waals surface area contributed by atoms with E-state index in [4.69, 9.17) is 5.26 Å². The first kappa shape index (κ1) is 15.5. The van der Waals surface area contributed by atoms with Crippen LogP contribution < -0.4 is 10.2 Å². The molecule has 1 aromatic carbocycles. The Morgan fingerprint density at radius 2 is 1.95 bits per heavy atom. The topological polar surface area (TPSA) is 39.1 Å². The zero-order valence-electron chi connectivity index (χ0n) is 11.9. The van der Waals surface area contributed by atoms with Gasteiger partial charge in [-0.05, 0) is 51.5 Å². The van der Waals surface area contributed by atoms with Crippen LogP contribution in [0.2, 0.25) is 0 Å². The van der Waals surface area contributed by atoms with Gasteiger partial charge < -0.3 is 4.90 Å². The van der Waals surface area contributed by atoms with E-state index in [0.717, 1.165) is 25.2 Å². The van der Waals surface area contributed by atoms with Crippen molar-refractivity contribution < 1.29 is 4.39 Å². The minimum Gasteiger partial charge on any atom is -0.372 e. The first-order valence-corrected chi connectivity index (χ1v) is 6.73. The molecule has 0 radical (unpaired) electrons. The summed E-state index contributed by atoms with van der Waals surface area (Å²) in [6, 6.07) is 8.91. The average Bonchev–Trinajstić information content (AvgIpc) is 2.39. The van der Waals surface area contributed by atoms with Gasteiger partial charge in [-0.3, -0.25) is 5.32 Å². The Labute approximate surface area is 115 Å². The normalized spacial score (nSPS) is 12.2. The van der Waals surface area contributed by atoms with Crippen LogP contribution in [0.4, 0.5) is 10.1 Å². The number of benzene rings is 1. The molecule has 4 heteroatoms. The van der Waals surface area contributed by atoms with Crippen LogP contribution in [0.15, 0.2) is 24.3 Å². The second-order valence-electron chi connectivity index (χ2n) is 4.85. The van der Waals surface area contributed by atoms with Gasteiger partial charge in [-0.15, -0.1) is 0 Å². The third-order valence-electron chi connectivity index (χ3n) is 2.95. The highest BCUT2D eigenvalue weighted by Gasteiger charge is 2.11. The third kappa shape index (κ3) is 5.27. The lowest BCUT2D eigenvalue weighted by Gasteiger charge is -2.25. The van der Waals surface area contributed by atoms with Crippen LogP contribution in [-0.2, 0) is 0 Å². The second kappa shape index (κ2) is 7.75. The summed E-state index contributed by atoms with van der Waals surface area (Å²) in [5, 5.41) is 12.3. The van der Waals surface area contributed by atoms with Crippen molar-refractivity contribution in [2.75, 3.05) is 18.0 Å². The first-order valence-electron chi connectivity index (χ1n) is 6.73. The fraction of sp³-hybridized carbons (Fsp3) is 0.533. The highest BCUT2D eigenvalue weighted by atomic mass is 19.1. The van der Waals surface area contributed by atoms with Gasteiger partial charge in [0.05, 0.1) is 12.1 Å². The molecule has 1 rings (SSSR count). The monoisotopic (exact) mass is 263 g/mol. The number of anilines is 1. The van der Waals surface area contributed by atoms with Crippen molar-refractivity contribution in [2.45, 2.75) is 39.3 Å². The van der Waals surface area contributed by atoms with Crippen molar-refractivity contribution >= 4 is 5.69 Å². The van der Waals surface area contributed by atoms with Gasteiger partial charge in [0.25, 0.3) is 0 Å². The Balaban J connectivity index is 2.57. The maximum absolute atomic E-state index is 12.9. The van der Waals surface area contributed by atoms with Crippen molar-refractivity contribution in [3.05, 3.63) is 30.1 Å². The van der Waals surface area contributed by atoms with E-state index in [0.29, 0.717) is 6.04 Å². The molecule has 0 bridgehead atoms. The van der Waals surface area contributed by atoms with E-state index in [1.165, 1.54) is 12.1 Å². The van der Waals surface area contributed by atoms with E-state index in [9.17, 15) is 4.39 Å². The molecule has 1 atom stereocenters. The molecular weight excluding hydrogens is 241 g/mol. The Hall–Kier alpha value is -1.60. The van der Waals surface area contributed by atoms with Gasteiger partial charge in [0.1, 0.15) is 5.82 Å². The molecule has 0 saturated carbocycles. The zero-order chi connectivity index (χ0) is 14.3. The third-order valence-corrected chi connectivity index (χ3v) is 2.95. The molecule has 0 saturated heterocycles. The number of hydrogen-bond acceptors (Lipinski definition) is 3. The summed E-state index contributed by atoms with van der Waals surface area (Å²) in [6.45, 7) is 7.73. The molecule has 1 N–H and O–H groups in total. The van der Waals surface area contributed by atoms with Gasteiger partial charge in [-0.2, -0.15) is 5.26 Å². The van der Waals surface area contributed by atoms with E-state index in [1.54, 1.807) is 12.1 Å². The predicted molar refractivity (Wildman–Crippen MR) is 76.6 cm³/mol. The number of nitrogens with zero attached hydrogens (tertiary/aromatic N) is 2. The van der Waals surface area contributed by atoms with Crippen LogP contribution >= 0.6 is 0 Å². The summed E-state index contributed by atoms with van der Waals surface area (Å²) >= 11 is 0. The van der Waals surface area contributed by atoms with Crippen LogP contribution in [0.1, 0.15) is 27.2 Å². The quantitative estimate of drug-likeness (QED) is 0.822. The zero-order valence-corrected chi connectivity index (χ0v) is 11.9. The molecule has 0 aromatic heterocycles. The van der Waals surface area contributed by atoms with E-state index < -0.39 is 0 Å². The smallest absolute Gasteiger partial charge is 0.123 e. The van der Waals surface area contributed by atoms with Gasteiger partial charge in [0.15, 0.2) is 0 Å². The van der Waals surface area contributed by atoms with Gasteiger partial charge >= 0.3 is 0 Å². The van der Waals surface area contributed by atoms with Crippen molar-refractivity contribution in [3.63, 3.8) is 0 Å². The van der Waals surface area contributed by atoms with Gasteiger partial charge in [-0.1, -0.05) is 0 Å². The number of hydrogen-bond donors (Lipinski definition) is 1. The molecule has 0 aliphatic heterocycles. The average molecular weight is 263 g/mol. The molecular formula is C15H22FN3. The number of nitrogens with one attached hydrogen (secondary N) is 1. The minimum atomic E-state index is -0.226. The number of nitriles is 1. The van der Waals surface area contributed by atoms with Crippen LogP contribution in [0, 0.1) is 17.1 Å². The highest BCUT2D eigenvalue weighted by molar-refractivity contribution is 5.46. The summed E-state index contributed by atoms with van der Waals surface area (Å²) in [7, 11) is 0. The van der Waals surface area contributed by atoms with Crippen LogP contribution in [-0.4, -0.2) is 25.2 Å². The molecule has 1 aromatic rings. The van der Waals surface area contributed by atoms with Gasteiger partial charge in [0, 0.05) is 24.8 Å². The Morgan fingerprint density at radius 3 is 2.42 bits per heavy atom. The predicted octanol–water partition coefficient (Wildman–Crippen LogP) is 2.93. The fourth-order valence-corrected chi connectivity index (χ4v) is 1.99. The standard InChI is InChI=1S/C15H22FN3/c1-4-19(15-7-5-13(16)6-8-15)10-9-14(11-17)18-12(2)3/h5-8,12,14,18H,4,9-10H2,1-3H3. The number of rotatable bonds is 7. The van der Waals surface area contributed by atoms with Gasteiger partial charge in [-0.25, -0.2) is 4.39 Å². The van der Waals surface area contributed by atoms with E-state index in [2.05, 4.69) is 23.2 Å². The molecule has 0 aliphatic carbocycles. The van der Waals surface area contributed by atoms with Crippen LogP contribution in [0.3, 0.4) is 0 Å². The fourth-order valence-electron chi connectivity index (χ4n) is 1.99. The first-order chi connectivity index (χ1) is 9.06. The Bertz CT molecular complexity index is 408. The second-order valence-corrected chi connectivity index (χ2v) is 4.85. The maximum Gasteiger partial charge on any atom is 0.123 e. The van der Waals surface area contributed by atoms with Crippen molar-refractivity contribution in [2.24, 2.45) is 0 Å². The summed E-state index contributed by atoms with van der Waals surface area (Å²) < 4.78 is 12.9. The van der Waals surface area contributed by atoms with E-state index in [-0.39, 0.29) is 11.9 Å². The van der Waals surface area contributed by atoms with E-state index in [1.807, 2.05) is 13.8 Å². The summed E-state index contributed by atoms with van der Waals surface area (Å²) in [6.07, 6.45) is 0.750. The molecule has 1 unspecified atom stereocenters. The highest BCUT2D eigenvalue weighted by Crippen LogP contribution is 2.15. The Morgan fingerprint density at radius 1 is 1.32 bits per heavy atom. The maximum atomic E-state index is 12.9.